The Bertz CT molecular complexity index is 911. The first-order valence-electron chi connectivity index (χ1n) is 9.08. The minimum atomic E-state index is -0.386. The van der Waals surface area contributed by atoms with Crippen LogP contribution in [0.1, 0.15) is 12.8 Å². The molecular formula is C16H22N8O4. The standard InChI is InChI=1S/C16H22N8O4/c1-21-11-19-23(15(21)27)5-2-13(25)20-12-6-16(28-8-12)9-22(10-16)14(26)7-24-17-3-4-18-24/h3-4,11-12H,2,5-10H2,1H3,(H,20,25). The molecule has 1 N–H and O–H groups in total. The first-order chi connectivity index (χ1) is 13.4. The highest BCUT2D eigenvalue weighted by Gasteiger charge is 2.51. The van der Waals surface area contributed by atoms with Gasteiger partial charge in [-0.15, -0.1) is 0 Å². The van der Waals surface area contributed by atoms with Gasteiger partial charge >= 0.3 is 5.69 Å². The molecule has 28 heavy (non-hydrogen) atoms. The molecule has 2 aliphatic heterocycles. The third kappa shape index (κ3) is 3.67. The monoisotopic (exact) mass is 390 g/mol. The average Bonchev–Trinajstić information content (AvgIpc) is 3.35. The summed E-state index contributed by atoms with van der Waals surface area (Å²) in [4.78, 5) is 39.1. The van der Waals surface area contributed by atoms with Crippen molar-refractivity contribution in [1.82, 2.24) is 39.6 Å². The largest absolute Gasteiger partial charge is 0.369 e. The zero-order chi connectivity index (χ0) is 19.7. The number of likely N-dealkylation sites (tertiary alicyclic amines) is 1. The number of nitrogens with one attached hydrogen (secondary N) is 1. The smallest absolute Gasteiger partial charge is 0.345 e. The molecule has 2 saturated heterocycles. The van der Waals surface area contributed by atoms with E-state index in [4.69, 9.17) is 4.74 Å². The van der Waals surface area contributed by atoms with Gasteiger partial charge in [-0.2, -0.15) is 20.1 Å². The van der Waals surface area contributed by atoms with Crippen molar-refractivity contribution < 1.29 is 14.3 Å². The van der Waals surface area contributed by atoms with Crippen molar-refractivity contribution in [3.05, 3.63) is 29.2 Å². The highest BCUT2D eigenvalue weighted by atomic mass is 16.5. The predicted octanol–water partition coefficient (Wildman–Crippen LogP) is -2.25. The van der Waals surface area contributed by atoms with Crippen LogP contribution in [0, 0.1) is 0 Å². The van der Waals surface area contributed by atoms with E-state index in [-0.39, 0.29) is 48.7 Å². The fourth-order valence-corrected chi connectivity index (χ4v) is 3.61. The molecule has 0 aromatic carbocycles. The van der Waals surface area contributed by atoms with Crippen molar-refractivity contribution in [2.24, 2.45) is 7.05 Å². The molecule has 2 aromatic heterocycles. The molecule has 2 aromatic rings. The lowest BCUT2D eigenvalue weighted by molar-refractivity contribution is -0.158. The maximum Gasteiger partial charge on any atom is 0.345 e. The van der Waals surface area contributed by atoms with Gasteiger partial charge in [-0.25, -0.2) is 9.48 Å². The zero-order valence-corrected chi connectivity index (χ0v) is 15.5. The first-order valence-corrected chi connectivity index (χ1v) is 9.08. The molecule has 1 spiro atoms. The molecule has 0 aliphatic carbocycles. The van der Waals surface area contributed by atoms with Crippen molar-refractivity contribution in [3.63, 3.8) is 0 Å². The van der Waals surface area contributed by atoms with E-state index >= 15 is 0 Å². The van der Waals surface area contributed by atoms with E-state index in [1.54, 1.807) is 11.9 Å². The van der Waals surface area contributed by atoms with Crippen LogP contribution in [-0.2, 0) is 34.5 Å². The summed E-state index contributed by atoms with van der Waals surface area (Å²) in [6.45, 7) is 1.76. The number of nitrogens with zero attached hydrogens (tertiary/aromatic N) is 7. The number of rotatable bonds is 6. The van der Waals surface area contributed by atoms with Gasteiger partial charge in [0.1, 0.15) is 18.5 Å². The second-order valence-corrected chi connectivity index (χ2v) is 7.27. The summed E-state index contributed by atoms with van der Waals surface area (Å²) < 4.78 is 8.49. The molecule has 150 valence electrons. The van der Waals surface area contributed by atoms with E-state index in [0.717, 1.165) is 0 Å². The lowest BCUT2D eigenvalue weighted by Crippen LogP contribution is -2.64. The first kappa shape index (κ1) is 18.3. The molecule has 1 unspecified atom stereocenters. The second-order valence-electron chi connectivity index (χ2n) is 7.27. The molecule has 4 rings (SSSR count). The predicted molar refractivity (Wildman–Crippen MR) is 93.9 cm³/mol. The minimum Gasteiger partial charge on any atom is -0.369 e. The summed E-state index contributed by atoms with van der Waals surface area (Å²) in [5, 5.41) is 14.7. The second kappa shape index (κ2) is 7.19. The fourth-order valence-electron chi connectivity index (χ4n) is 3.61. The van der Waals surface area contributed by atoms with E-state index in [1.165, 1.54) is 32.8 Å². The summed E-state index contributed by atoms with van der Waals surface area (Å²) in [7, 11) is 1.61. The van der Waals surface area contributed by atoms with Crippen molar-refractivity contribution in [2.75, 3.05) is 19.7 Å². The Morgan fingerprint density at radius 1 is 1.29 bits per heavy atom. The molecular weight excluding hydrogens is 368 g/mol. The highest BCUT2D eigenvalue weighted by molar-refractivity contribution is 5.77. The van der Waals surface area contributed by atoms with Crippen molar-refractivity contribution in [3.8, 4) is 0 Å². The summed E-state index contributed by atoms with van der Waals surface area (Å²) >= 11 is 0. The molecule has 0 saturated carbocycles. The van der Waals surface area contributed by atoms with Crippen LogP contribution in [0.2, 0.25) is 0 Å². The Balaban J connectivity index is 1.20. The van der Waals surface area contributed by atoms with Crippen LogP contribution in [0.3, 0.4) is 0 Å². The number of hydrogen-bond donors (Lipinski definition) is 1. The van der Waals surface area contributed by atoms with Crippen LogP contribution in [0.15, 0.2) is 23.5 Å². The van der Waals surface area contributed by atoms with Crippen LogP contribution in [0.5, 0.6) is 0 Å². The van der Waals surface area contributed by atoms with Gasteiger partial charge in [-0.1, -0.05) is 0 Å². The maximum atomic E-state index is 12.2. The maximum absolute atomic E-state index is 12.2. The Hall–Kier alpha value is -3.02. The number of ether oxygens (including phenoxy) is 1. The van der Waals surface area contributed by atoms with Gasteiger partial charge in [0.05, 0.1) is 44.7 Å². The Morgan fingerprint density at radius 3 is 2.71 bits per heavy atom. The van der Waals surface area contributed by atoms with Gasteiger partial charge in [-0.05, 0) is 0 Å². The van der Waals surface area contributed by atoms with E-state index in [0.29, 0.717) is 26.1 Å². The third-order valence-corrected chi connectivity index (χ3v) is 5.07. The van der Waals surface area contributed by atoms with Crippen molar-refractivity contribution in [2.45, 2.75) is 37.6 Å². The summed E-state index contributed by atoms with van der Waals surface area (Å²) in [6.07, 6.45) is 5.31. The lowest BCUT2D eigenvalue weighted by atomic mass is 9.89. The molecule has 0 bridgehead atoms. The Kier molecular flexibility index (Phi) is 4.71. The molecule has 12 nitrogen and oxygen atoms in total. The molecule has 12 heteroatoms. The Labute approximate surface area is 160 Å². The normalized spacial score (nSPS) is 20.3. The SMILES string of the molecule is Cn1cnn(CCC(=O)NC2COC3(C2)CN(C(=O)Cn2nccn2)C3)c1=O. The van der Waals surface area contributed by atoms with Gasteiger partial charge in [0, 0.05) is 19.9 Å². The van der Waals surface area contributed by atoms with E-state index < -0.39 is 0 Å². The average molecular weight is 390 g/mol. The number of aryl methyl sites for hydroxylation is 2. The van der Waals surface area contributed by atoms with Gasteiger partial charge in [-0.3, -0.25) is 14.2 Å². The number of carbonyl (C=O) groups is 2. The lowest BCUT2D eigenvalue weighted by Gasteiger charge is -2.47. The van der Waals surface area contributed by atoms with E-state index in [2.05, 4.69) is 20.6 Å². The zero-order valence-electron chi connectivity index (χ0n) is 15.5. The van der Waals surface area contributed by atoms with Crippen molar-refractivity contribution >= 4 is 11.8 Å². The van der Waals surface area contributed by atoms with E-state index in [1.807, 2.05) is 0 Å². The topological polar surface area (TPSA) is 129 Å². The van der Waals surface area contributed by atoms with Gasteiger partial charge in [0.15, 0.2) is 0 Å². The van der Waals surface area contributed by atoms with Crippen LogP contribution >= 0.6 is 0 Å². The number of hydrogen-bond acceptors (Lipinski definition) is 7. The van der Waals surface area contributed by atoms with Gasteiger partial charge in [0.2, 0.25) is 11.8 Å². The molecule has 4 heterocycles. The number of carbonyl (C=O) groups excluding carboxylic acids is 2. The number of aromatic nitrogens is 6. The molecule has 2 amide bonds. The molecule has 2 fully saturated rings. The highest BCUT2D eigenvalue weighted by Crippen LogP contribution is 2.35. The van der Waals surface area contributed by atoms with E-state index in [9.17, 15) is 14.4 Å². The molecule has 2 aliphatic rings. The summed E-state index contributed by atoms with van der Waals surface area (Å²) in [6, 6.07) is -0.0991. The fraction of sp³-hybridized carbons (Fsp3) is 0.625. The quantitative estimate of drug-likeness (QED) is 0.590. The third-order valence-electron chi connectivity index (χ3n) is 5.07. The molecule has 1 atom stereocenters. The van der Waals surface area contributed by atoms with Crippen LogP contribution in [0.4, 0.5) is 0 Å². The van der Waals surface area contributed by atoms with Crippen LogP contribution < -0.4 is 11.0 Å². The minimum absolute atomic E-state index is 0.0567. The summed E-state index contributed by atoms with van der Waals surface area (Å²) in [5.41, 5.74) is -0.635. The van der Waals surface area contributed by atoms with Crippen LogP contribution in [-0.4, -0.2) is 77.4 Å². The van der Waals surface area contributed by atoms with Crippen molar-refractivity contribution in [1.29, 1.82) is 0 Å². The summed E-state index contributed by atoms with van der Waals surface area (Å²) in [5.74, 6) is -0.209. The van der Waals surface area contributed by atoms with Crippen LogP contribution in [0.25, 0.3) is 0 Å². The van der Waals surface area contributed by atoms with Gasteiger partial charge < -0.3 is 15.0 Å². The number of amides is 2. The van der Waals surface area contributed by atoms with Gasteiger partial charge in [0.25, 0.3) is 0 Å². The Morgan fingerprint density at radius 2 is 2.04 bits per heavy atom. The molecule has 0 radical (unpaired) electrons.